The van der Waals surface area contributed by atoms with Gasteiger partial charge in [0, 0.05) is 18.1 Å². The molecule has 0 heterocycles. The number of hydrogen-bond acceptors (Lipinski definition) is 2. The van der Waals surface area contributed by atoms with Gasteiger partial charge in [-0.1, -0.05) is 32.1 Å². The van der Waals surface area contributed by atoms with Crippen molar-refractivity contribution in [2.45, 2.75) is 75.9 Å². The highest BCUT2D eigenvalue weighted by Crippen LogP contribution is 2.22. The van der Waals surface area contributed by atoms with E-state index in [9.17, 15) is 0 Å². The van der Waals surface area contributed by atoms with E-state index in [1.807, 2.05) is 0 Å². The summed E-state index contributed by atoms with van der Waals surface area (Å²) in [5, 5.41) is 7.98. The third-order valence-electron chi connectivity index (χ3n) is 4.65. The lowest BCUT2D eigenvalue weighted by Crippen LogP contribution is -2.54. The van der Waals surface area contributed by atoms with Crippen molar-refractivity contribution in [1.29, 1.82) is 0 Å². The summed E-state index contributed by atoms with van der Waals surface area (Å²) in [5.74, 6) is 0. The molecule has 2 aliphatic carbocycles. The van der Waals surface area contributed by atoms with E-state index in [1.165, 1.54) is 57.8 Å². The fourth-order valence-electron chi connectivity index (χ4n) is 3.54. The zero-order valence-electron chi connectivity index (χ0n) is 12.5. The van der Waals surface area contributed by atoms with Crippen molar-refractivity contribution < 1.29 is 0 Å². The van der Waals surface area contributed by atoms with Crippen molar-refractivity contribution in [3.8, 4) is 0 Å². The Morgan fingerprint density at radius 1 is 0.895 bits per heavy atom. The molecule has 19 heavy (non-hydrogen) atoms. The van der Waals surface area contributed by atoms with Gasteiger partial charge in [-0.3, -0.25) is 0 Å². The molecule has 2 fully saturated rings. The van der Waals surface area contributed by atoms with Crippen LogP contribution in [-0.4, -0.2) is 42.2 Å². The Hall–Kier alpha value is -0.350. The van der Waals surface area contributed by atoms with E-state index < -0.39 is 0 Å². The molecule has 4 heteroatoms. The topological polar surface area (TPSA) is 27.3 Å². The minimum Gasteiger partial charge on any atom is -0.360 e. The van der Waals surface area contributed by atoms with Crippen molar-refractivity contribution in [3.63, 3.8) is 0 Å². The summed E-state index contributed by atoms with van der Waals surface area (Å²) in [7, 11) is 4.37. The van der Waals surface area contributed by atoms with Crippen molar-refractivity contribution >= 4 is 17.3 Å². The second-order valence-corrected chi connectivity index (χ2v) is 6.78. The molecule has 2 unspecified atom stereocenters. The van der Waals surface area contributed by atoms with Gasteiger partial charge in [0.15, 0.2) is 5.11 Å². The van der Waals surface area contributed by atoms with Crippen molar-refractivity contribution in [3.05, 3.63) is 0 Å². The van der Waals surface area contributed by atoms with Gasteiger partial charge in [-0.05, 0) is 52.0 Å². The molecule has 0 aromatic heterocycles. The van der Waals surface area contributed by atoms with Crippen LogP contribution in [0.5, 0.6) is 0 Å². The summed E-state index contributed by atoms with van der Waals surface area (Å²) in [4.78, 5) is 2.35. The maximum Gasteiger partial charge on any atom is 0.166 e. The lowest BCUT2D eigenvalue weighted by molar-refractivity contribution is 0.189. The highest BCUT2D eigenvalue weighted by Gasteiger charge is 2.27. The first-order valence-electron chi connectivity index (χ1n) is 7.90. The van der Waals surface area contributed by atoms with Gasteiger partial charge in [0.25, 0.3) is 0 Å². The van der Waals surface area contributed by atoms with E-state index in [2.05, 4.69) is 29.6 Å². The standard InChI is InChI=1S/C15H29N3S/c1-18(2)14-11-7-6-10-13(14)17-15(19)16-12-8-4-3-5-9-12/h12-14H,3-11H2,1-2H3,(H2,16,17,19). The summed E-state index contributed by atoms with van der Waals surface area (Å²) < 4.78 is 0. The zero-order chi connectivity index (χ0) is 13.7. The van der Waals surface area contributed by atoms with Crippen LogP contribution < -0.4 is 10.6 Å². The summed E-state index contributed by atoms with van der Waals surface area (Å²) in [5.41, 5.74) is 0. The molecule has 0 spiro atoms. The number of rotatable bonds is 3. The summed E-state index contributed by atoms with van der Waals surface area (Å²) in [6.07, 6.45) is 11.9. The van der Waals surface area contributed by atoms with Gasteiger partial charge in [-0.2, -0.15) is 0 Å². The summed E-state index contributed by atoms with van der Waals surface area (Å²) in [6, 6.07) is 1.75. The Bertz CT molecular complexity index is 287. The van der Waals surface area contributed by atoms with E-state index in [-0.39, 0.29) is 0 Å². The third-order valence-corrected chi connectivity index (χ3v) is 4.89. The van der Waals surface area contributed by atoms with Crippen LogP contribution in [0.15, 0.2) is 0 Å². The Morgan fingerprint density at radius 2 is 1.53 bits per heavy atom. The summed E-state index contributed by atoms with van der Waals surface area (Å²) in [6.45, 7) is 0. The molecule has 3 nitrogen and oxygen atoms in total. The van der Waals surface area contributed by atoms with Gasteiger partial charge in [0.1, 0.15) is 0 Å². The molecular weight excluding hydrogens is 254 g/mol. The van der Waals surface area contributed by atoms with Crippen LogP contribution in [-0.2, 0) is 0 Å². The maximum absolute atomic E-state index is 5.51. The number of nitrogens with one attached hydrogen (secondary N) is 2. The van der Waals surface area contributed by atoms with E-state index in [0.29, 0.717) is 18.1 Å². The largest absolute Gasteiger partial charge is 0.360 e. The van der Waals surface area contributed by atoms with Crippen LogP contribution in [0.2, 0.25) is 0 Å². The predicted octanol–water partition coefficient (Wildman–Crippen LogP) is 2.66. The fraction of sp³-hybridized carbons (Fsp3) is 0.933. The van der Waals surface area contributed by atoms with Gasteiger partial charge >= 0.3 is 0 Å². The van der Waals surface area contributed by atoms with Crippen LogP contribution in [0, 0.1) is 0 Å². The highest BCUT2D eigenvalue weighted by atomic mass is 32.1. The van der Waals surface area contributed by atoms with Crippen LogP contribution in [0.3, 0.4) is 0 Å². The zero-order valence-corrected chi connectivity index (χ0v) is 13.3. The molecule has 110 valence electrons. The Kier molecular flexibility index (Phi) is 5.89. The number of hydrogen-bond donors (Lipinski definition) is 2. The monoisotopic (exact) mass is 283 g/mol. The molecular formula is C15H29N3S. The molecule has 2 aliphatic rings. The van der Waals surface area contributed by atoms with Crippen LogP contribution in [0.25, 0.3) is 0 Å². The maximum atomic E-state index is 5.51. The Labute approximate surface area is 123 Å². The second kappa shape index (κ2) is 7.44. The average molecular weight is 283 g/mol. The lowest BCUT2D eigenvalue weighted by atomic mass is 9.89. The number of thiocarbonyl (C=S) groups is 1. The molecule has 2 rings (SSSR count). The number of nitrogens with zero attached hydrogens (tertiary/aromatic N) is 1. The van der Waals surface area contributed by atoms with Gasteiger partial charge in [-0.15, -0.1) is 0 Å². The Morgan fingerprint density at radius 3 is 2.21 bits per heavy atom. The van der Waals surface area contributed by atoms with E-state index >= 15 is 0 Å². The smallest absolute Gasteiger partial charge is 0.166 e. The van der Waals surface area contributed by atoms with Gasteiger partial charge in [-0.25, -0.2) is 0 Å². The predicted molar refractivity (Wildman–Crippen MR) is 85.5 cm³/mol. The van der Waals surface area contributed by atoms with E-state index in [0.717, 1.165) is 5.11 Å². The summed E-state index contributed by atoms with van der Waals surface area (Å²) >= 11 is 5.51. The first-order valence-corrected chi connectivity index (χ1v) is 8.31. The highest BCUT2D eigenvalue weighted by molar-refractivity contribution is 7.80. The van der Waals surface area contributed by atoms with Crippen molar-refractivity contribution in [1.82, 2.24) is 15.5 Å². The third kappa shape index (κ3) is 4.60. The minimum atomic E-state index is 0.521. The lowest BCUT2D eigenvalue weighted by Gasteiger charge is -2.37. The second-order valence-electron chi connectivity index (χ2n) is 6.37. The first kappa shape index (κ1) is 15.0. The van der Waals surface area contributed by atoms with Gasteiger partial charge in [0.05, 0.1) is 0 Å². The number of likely N-dealkylation sites (N-methyl/N-ethyl adjacent to an activating group) is 1. The van der Waals surface area contributed by atoms with Crippen molar-refractivity contribution in [2.24, 2.45) is 0 Å². The van der Waals surface area contributed by atoms with Crippen LogP contribution >= 0.6 is 12.2 Å². The first-order chi connectivity index (χ1) is 9.16. The molecule has 0 saturated heterocycles. The normalized spacial score (nSPS) is 29.2. The fourth-order valence-corrected chi connectivity index (χ4v) is 3.86. The van der Waals surface area contributed by atoms with Crippen molar-refractivity contribution in [2.75, 3.05) is 14.1 Å². The van der Waals surface area contributed by atoms with Gasteiger partial charge < -0.3 is 15.5 Å². The molecule has 0 bridgehead atoms. The molecule has 0 radical (unpaired) electrons. The average Bonchev–Trinajstić information content (AvgIpc) is 2.40. The molecule has 0 aromatic rings. The quantitative estimate of drug-likeness (QED) is 0.779. The molecule has 0 aliphatic heterocycles. The van der Waals surface area contributed by atoms with E-state index in [4.69, 9.17) is 12.2 Å². The van der Waals surface area contributed by atoms with Crippen LogP contribution in [0.1, 0.15) is 57.8 Å². The SMILES string of the molecule is CN(C)C1CCCCC1NC(=S)NC1CCCCC1. The molecule has 2 N–H and O–H groups in total. The molecule has 2 atom stereocenters. The van der Waals surface area contributed by atoms with E-state index in [1.54, 1.807) is 0 Å². The minimum absolute atomic E-state index is 0.521. The van der Waals surface area contributed by atoms with Gasteiger partial charge in [0.2, 0.25) is 0 Å². The molecule has 0 aromatic carbocycles. The molecule has 0 amide bonds. The Balaban J connectivity index is 1.79. The van der Waals surface area contributed by atoms with Crippen LogP contribution in [0.4, 0.5) is 0 Å². The molecule has 2 saturated carbocycles.